The first-order valence-corrected chi connectivity index (χ1v) is 7.54. The van der Waals surface area contributed by atoms with Gasteiger partial charge in [0.1, 0.15) is 0 Å². The molecule has 0 heterocycles. The van der Waals surface area contributed by atoms with E-state index in [0.717, 1.165) is 19.3 Å². The monoisotopic (exact) mass is 223 g/mol. The lowest BCUT2D eigenvalue weighted by molar-refractivity contribution is 0.554. The van der Waals surface area contributed by atoms with Gasteiger partial charge in [-0.15, -0.1) is 0 Å². The molecule has 1 rings (SSSR count). The summed E-state index contributed by atoms with van der Waals surface area (Å²) in [6, 6.07) is 0.183. The van der Waals surface area contributed by atoms with Gasteiger partial charge in [-0.2, -0.15) is 11.8 Å². The molecule has 3 nitrogen and oxygen atoms in total. The topological polar surface area (TPSA) is 46.2 Å². The molecule has 1 saturated carbocycles. The third-order valence-corrected chi connectivity index (χ3v) is 4.99. The van der Waals surface area contributed by atoms with Crippen molar-refractivity contribution in [3.05, 3.63) is 0 Å². The zero-order chi connectivity index (χ0) is 9.90. The summed E-state index contributed by atoms with van der Waals surface area (Å²) in [5.74, 6) is 0.188. The van der Waals surface area contributed by atoms with E-state index >= 15 is 0 Å². The lowest BCUT2D eigenvalue weighted by Gasteiger charge is -2.11. The number of hydrogen-bond donors (Lipinski definition) is 1. The first-order chi connectivity index (χ1) is 6.07. The van der Waals surface area contributed by atoms with Crippen LogP contribution in [-0.2, 0) is 10.0 Å². The molecule has 0 aliphatic heterocycles. The molecule has 0 bridgehead atoms. The van der Waals surface area contributed by atoms with Gasteiger partial charge in [-0.1, -0.05) is 0 Å². The fourth-order valence-electron chi connectivity index (χ4n) is 1.60. The van der Waals surface area contributed by atoms with Crippen LogP contribution in [-0.4, -0.2) is 31.7 Å². The average Bonchev–Trinajstić information content (AvgIpc) is 2.52. The molecule has 1 fully saturated rings. The maximum absolute atomic E-state index is 11.2. The van der Waals surface area contributed by atoms with Crippen LogP contribution in [0.3, 0.4) is 0 Å². The molecule has 2 atom stereocenters. The Bertz CT molecular complexity index is 251. The highest BCUT2D eigenvalue weighted by atomic mass is 32.2. The summed E-state index contributed by atoms with van der Waals surface area (Å²) in [6.45, 7) is 1.67. The molecular weight excluding hydrogens is 206 g/mol. The van der Waals surface area contributed by atoms with E-state index in [0.29, 0.717) is 5.25 Å². The minimum Gasteiger partial charge on any atom is -0.212 e. The van der Waals surface area contributed by atoms with Crippen LogP contribution in [0.4, 0.5) is 0 Å². The average molecular weight is 223 g/mol. The van der Waals surface area contributed by atoms with Crippen molar-refractivity contribution in [3.63, 3.8) is 0 Å². The summed E-state index contributed by atoms with van der Waals surface area (Å²) < 4.78 is 25.2. The Morgan fingerprint density at radius 2 is 2.15 bits per heavy atom. The van der Waals surface area contributed by atoms with Crippen LogP contribution in [0.15, 0.2) is 0 Å². The molecule has 1 aliphatic rings. The van der Waals surface area contributed by atoms with E-state index in [4.69, 9.17) is 0 Å². The van der Waals surface area contributed by atoms with E-state index < -0.39 is 10.0 Å². The first-order valence-electron chi connectivity index (χ1n) is 4.60. The van der Waals surface area contributed by atoms with Crippen molar-refractivity contribution in [3.8, 4) is 0 Å². The lowest BCUT2D eigenvalue weighted by atomic mass is 10.3. The highest BCUT2D eigenvalue weighted by Gasteiger charge is 2.26. The number of thioether (sulfide) groups is 1. The van der Waals surface area contributed by atoms with Crippen molar-refractivity contribution in [1.82, 2.24) is 4.72 Å². The second kappa shape index (κ2) is 4.66. The van der Waals surface area contributed by atoms with Gasteiger partial charge in [0.15, 0.2) is 0 Å². The molecule has 1 aliphatic carbocycles. The highest BCUT2D eigenvalue weighted by Crippen LogP contribution is 2.28. The number of hydrogen-bond acceptors (Lipinski definition) is 3. The summed E-state index contributed by atoms with van der Waals surface area (Å²) in [4.78, 5) is 0. The minimum absolute atomic E-state index is 0.183. The van der Waals surface area contributed by atoms with Gasteiger partial charge in [-0.3, -0.25) is 0 Å². The summed E-state index contributed by atoms with van der Waals surface area (Å²) >= 11 is 1.83. The minimum atomic E-state index is -2.99. The maximum atomic E-state index is 11.2. The lowest BCUT2D eigenvalue weighted by Crippen LogP contribution is -2.34. The molecule has 0 amide bonds. The van der Waals surface area contributed by atoms with Gasteiger partial charge in [0.2, 0.25) is 10.0 Å². The predicted octanol–water partition coefficient (Wildman–Crippen LogP) is 1.21. The second-order valence-corrected chi connectivity index (χ2v) is 6.57. The van der Waals surface area contributed by atoms with Gasteiger partial charge in [-0.25, -0.2) is 13.1 Å². The maximum Gasteiger partial charge on any atom is 0.211 e. The van der Waals surface area contributed by atoms with Crippen molar-refractivity contribution >= 4 is 21.8 Å². The molecule has 5 heteroatoms. The summed E-state index contributed by atoms with van der Waals surface area (Å²) in [5, 5.41) is 0.643. The Hall–Kier alpha value is 0.260. The van der Waals surface area contributed by atoms with E-state index in [9.17, 15) is 8.42 Å². The quantitative estimate of drug-likeness (QED) is 0.779. The molecule has 78 valence electrons. The molecular formula is C8H17NO2S2. The van der Waals surface area contributed by atoms with Gasteiger partial charge >= 0.3 is 0 Å². The van der Waals surface area contributed by atoms with Crippen molar-refractivity contribution in [2.45, 2.75) is 37.5 Å². The van der Waals surface area contributed by atoms with Gasteiger partial charge in [0, 0.05) is 11.3 Å². The van der Waals surface area contributed by atoms with Crippen molar-refractivity contribution < 1.29 is 8.42 Å². The van der Waals surface area contributed by atoms with Gasteiger partial charge in [0.05, 0.1) is 5.75 Å². The van der Waals surface area contributed by atoms with E-state index in [1.165, 1.54) is 0 Å². The fourth-order valence-corrected chi connectivity index (χ4v) is 3.28. The van der Waals surface area contributed by atoms with Crippen LogP contribution in [0.25, 0.3) is 0 Å². The van der Waals surface area contributed by atoms with Crippen LogP contribution < -0.4 is 4.72 Å². The molecule has 1 N–H and O–H groups in total. The summed E-state index contributed by atoms with van der Waals surface area (Å²) in [6.07, 6.45) is 5.20. The Kier molecular flexibility index (Phi) is 4.06. The third-order valence-electron chi connectivity index (χ3n) is 2.44. The second-order valence-electron chi connectivity index (χ2n) is 3.39. The van der Waals surface area contributed by atoms with Gasteiger partial charge in [0.25, 0.3) is 0 Å². The molecule has 13 heavy (non-hydrogen) atoms. The Morgan fingerprint density at radius 3 is 2.62 bits per heavy atom. The largest absolute Gasteiger partial charge is 0.212 e. The molecule has 0 radical (unpaired) electrons. The van der Waals surface area contributed by atoms with E-state index in [1.807, 2.05) is 11.8 Å². The van der Waals surface area contributed by atoms with Crippen LogP contribution >= 0.6 is 11.8 Å². The zero-order valence-electron chi connectivity index (χ0n) is 8.12. The van der Waals surface area contributed by atoms with Crippen LogP contribution in [0.2, 0.25) is 0 Å². The zero-order valence-corrected chi connectivity index (χ0v) is 9.75. The summed E-state index contributed by atoms with van der Waals surface area (Å²) in [7, 11) is -2.99. The number of sulfonamides is 1. The van der Waals surface area contributed by atoms with Gasteiger partial charge in [-0.05, 0) is 32.4 Å². The Labute approximate surface area is 84.7 Å². The molecule has 0 aromatic heterocycles. The van der Waals surface area contributed by atoms with E-state index in [-0.39, 0.29) is 11.8 Å². The fraction of sp³-hybridized carbons (Fsp3) is 1.00. The predicted molar refractivity (Wildman–Crippen MR) is 57.5 cm³/mol. The summed E-state index contributed by atoms with van der Waals surface area (Å²) in [5.41, 5.74) is 0. The van der Waals surface area contributed by atoms with Crippen molar-refractivity contribution in [2.75, 3.05) is 12.0 Å². The van der Waals surface area contributed by atoms with Crippen LogP contribution in [0, 0.1) is 0 Å². The SMILES string of the molecule is CCS(=O)(=O)NC1CCC(SC)C1. The standard InChI is InChI=1S/C8H17NO2S2/c1-3-13(10,11)9-7-4-5-8(6-7)12-2/h7-9H,3-6H2,1-2H3. The smallest absolute Gasteiger partial charge is 0.211 e. The molecule has 0 aromatic rings. The van der Waals surface area contributed by atoms with E-state index in [1.54, 1.807) is 6.92 Å². The van der Waals surface area contributed by atoms with E-state index in [2.05, 4.69) is 11.0 Å². The van der Waals surface area contributed by atoms with Gasteiger partial charge < -0.3 is 0 Å². The highest BCUT2D eigenvalue weighted by molar-refractivity contribution is 7.99. The molecule has 2 unspecified atom stereocenters. The van der Waals surface area contributed by atoms with Crippen LogP contribution in [0.1, 0.15) is 26.2 Å². The third kappa shape index (κ3) is 3.48. The molecule has 0 saturated heterocycles. The van der Waals surface area contributed by atoms with Crippen molar-refractivity contribution in [2.24, 2.45) is 0 Å². The molecule has 0 spiro atoms. The van der Waals surface area contributed by atoms with Crippen molar-refractivity contribution in [1.29, 1.82) is 0 Å². The first kappa shape index (κ1) is 11.3. The van der Waals surface area contributed by atoms with Crippen LogP contribution in [0.5, 0.6) is 0 Å². The number of rotatable bonds is 4. The normalized spacial score (nSPS) is 29.4. The number of nitrogens with one attached hydrogen (secondary N) is 1. The molecule has 0 aromatic carbocycles. The Balaban J connectivity index is 2.40. The Morgan fingerprint density at radius 1 is 1.46 bits per heavy atom.